The molecule has 4 nitrogen and oxygen atoms in total. The summed E-state index contributed by atoms with van der Waals surface area (Å²) in [5, 5.41) is 2.69. The molecule has 1 rings (SSSR count). The number of rotatable bonds is 5. The quantitative estimate of drug-likeness (QED) is 0.769. The van der Waals surface area contributed by atoms with Crippen LogP contribution in [0.5, 0.6) is 0 Å². The number of nitrogens with zero attached hydrogens (tertiary/aromatic N) is 2. The van der Waals surface area contributed by atoms with Crippen molar-refractivity contribution >= 4 is 11.8 Å². The van der Waals surface area contributed by atoms with Crippen molar-refractivity contribution in [2.24, 2.45) is 0 Å². The molecule has 84 valence electrons. The van der Waals surface area contributed by atoms with Crippen LogP contribution in [0, 0.1) is 0 Å². The fourth-order valence-electron chi connectivity index (χ4n) is 1.18. The summed E-state index contributed by atoms with van der Waals surface area (Å²) < 4.78 is 0. The molecule has 0 fully saturated rings. The maximum absolute atomic E-state index is 11.8. The van der Waals surface area contributed by atoms with E-state index in [9.17, 15) is 4.79 Å². The molecule has 0 radical (unpaired) electrons. The molecular weight excluding hydrogens is 202 g/mol. The number of hydrogen-bond acceptors (Lipinski definition) is 2. The summed E-state index contributed by atoms with van der Waals surface area (Å²) in [6.07, 6.45) is 4.96. The Morgan fingerprint density at radius 3 is 2.56 bits per heavy atom. The molecule has 4 heteroatoms. The van der Waals surface area contributed by atoms with Crippen molar-refractivity contribution in [3.8, 4) is 0 Å². The largest absolute Gasteiger partial charge is 0.323 e. The van der Waals surface area contributed by atoms with Crippen LogP contribution < -0.4 is 5.32 Å². The number of hydrogen-bond donors (Lipinski definition) is 1. The van der Waals surface area contributed by atoms with Crippen molar-refractivity contribution in [1.29, 1.82) is 0 Å². The van der Waals surface area contributed by atoms with Crippen LogP contribution in [0.3, 0.4) is 0 Å². The summed E-state index contributed by atoms with van der Waals surface area (Å²) >= 11 is 0. The third-order valence-corrected chi connectivity index (χ3v) is 1.89. The van der Waals surface area contributed by atoms with Crippen LogP contribution >= 0.6 is 0 Å². The maximum Gasteiger partial charge on any atom is 0.323 e. The Bertz CT molecular complexity index is 352. The van der Waals surface area contributed by atoms with E-state index in [4.69, 9.17) is 0 Å². The third-order valence-electron chi connectivity index (χ3n) is 1.89. The van der Waals surface area contributed by atoms with Gasteiger partial charge >= 0.3 is 6.03 Å². The zero-order valence-electron chi connectivity index (χ0n) is 9.10. The number of urea groups is 1. The second-order valence-electron chi connectivity index (χ2n) is 3.13. The van der Waals surface area contributed by atoms with Crippen LogP contribution in [-0.4, -0.2) is 29.0 Å². The summed E-state index contributed by atoms with van der Waals surface area (Å²) in [7, 11) is 0. The van der Waals surface area contributed by atoms with Crippen molar-refractivity contribution < 1.29 is 4.79 Å². The second-order valence-corrected chi connectivity index (χ2v) is 3.13. The highest BCUT2D eigenvalue weighted by Gasteiger charge is 2.10. The highest BCUT2D eigenvalue weighted by molar-refractivity contribution is 5.88. The van der Waals surface area contributed by atoms with Gasteiger partial charge in [-0.2, -0.15) is 0 Å². The van der Waals surface area contributed by atoms with Crippen molar-refractivity contribution in [3.05, 3.63) is 49.7 Å². The molecule has 0 atom stereocenters. The molecule has 1 heterocycles. The Morgan fingerprint density at radius 2 is 2.06 bits per heavy atom. The van der Waals surface area contributed by atoms with Crippen molar-refractivity contribution in [2.75, 3.05) is 18.4 Å². The summed E-state index contributed by atoms with van der Waals surface area (Å²) in [5.74, 6) is 0.533. The summed E-state index contributed by atoms with van der Waals surface area (Å²) in [6.45, 7) is 8.15. The number of pyridine rings is 1. The predicted octanol–water partition coefficient (Wildman–Crippen LogP) is 2.29. The topological polar surface area (TPSA) is 45.2 Å². The van der Waals surface area contributed by atoms with Gasteiger partial charge in [-0.3, -0.25) is 5.32 Å². The Morgan fingerprint density at radius 1 is 1.38 bits per heavy atom. The van der Waals surface area contributed by atoms with E-state index in [-0.39, 0.29) is 6.03 Å². The van der Waals surface area contributed by atoms with Gasteiger partial charge < -0.3 is 4.90 Å². The van der Waals surface area contributed by atoms with E-state index in [1.165, 1.54) is 0 Å². The molecule has 1 aromatic heterocycles. The molecule has 16 heavy (non-hydrogen) atoms. The molecule has 0 aliphatic heterocycles. The molecule has 2 amide bonds. The van der Waals surface area contributed by atoms with Crippen LogP contribution in [0.4, 0.5) is 10.6 Å². The van der Waals surface area contributed by atoms with Gasteiger partial charge in [0, 0.05) is 19.3 Å². The van der Waals surface area contributed by atoms with E-state index in [2.05, 4.69) is 23.5 Å². The van der Waals surface area contributed by atoms with Gasteiger partial charge in [-0.05, 0) is 12.1 Å². The minimum absolute atomic E-state index is 0.210. The van der Waals surface area contributed by atoms with Gasteiger partial charge in [-0.1, -0.05) is 18.2 Å². The first-order chi connectivity index (χ1) is 7.77. The Hall–Kier alpha value is -2.10. The Kier molecular flexibility index (Phi) is 4.79. The SMILES string of the molecule is C=CCN(CC=C)C(=O)Nc1ccccn1. The van der Waals surface area contributed by atoms with E-state index in [0.29, 0.717) is 18.9 Å². The molecule has 0 unspecified atom stereocenters. The zero-order chi connectivity index (χ0) is 11.8. The molecule has 0 spiro atoms. The first-order valence-electron chi connectivity index (χ1n) is 4.96. The van der Waals surface area contributed by atoms with Gasteiger partial charge in [-0.15, -0.1) is 13.2 Å². The van der Waals surface area contributed by atoms with E-state index in [0.717, 1.165) is 0 Å². The number of anilines is 1. The molecule has 0 saturated heterocycles. The lowest BCUT2D eigenvalue weighted by atomic mass is 10.4. The standard InChI is InChI=1S/C12H15N3O/c1-3-9-15(10-4-2)12(16)14-11-7-5-6-8-13-11/h3-8H,1-2,9-10H2,(H,13,14,16). The van der Waals surface area contributed by atoms with Gasteiger partial charge in [0.1, 0.15) is 5.82 Å². The molecule has 0 bridgehead atoms. The van der Waals surface area contributed by atoms with E-state index < -0.39 is 0 Å². The molecule has 1 N–H and O–H groups in total. The summed E-state index contributed by atoms with van der Waals surface area (Å²) in [4.78, 5) is 17.4. The molecule has 1 aromatic rings. The average molecular weight is 217 g/mol. The van der Waals surface area contributed by atoms with Crippen molar-refractivity contribution in [2.45, 2.75) is 0 Å². The third kappa shape index (κ3) is 3.57. The lowest BCUT2D eigenvalue weighted by Crippen LogP contribution is -2.35. The van der Waals surface area contributed by atoms with Crippen LogP contribution in [0.2, 0.25) is 0 Å². The predicted molar refractivity (Wildman–Crippen MR) is 65.2 cm³/mol. The summed E-state index contributed by atoms with van der Waals surface area (Å²) in [5.41, 5.74) is 0. The first kappa shape index (κ1) is 12.0. The van der Waals surface area contributed by atoms with E-state index >= 15 is 0 Å². The average Bonchev–Trinajstić information content (AvgIpc) is 2.30. The highest BCUT2D eigenvalue weighted by atomic mass is 16.2. The molecule has 0 aliphatic carbocycles. The first-order valence-corrected chi connectivity index (χ1v) is 4.96. The summed E-state index contributed by atoms with van der Waals surface area (Å²) in [6, 6.07) is 5.13. The lowest BCUT2D eigenvalue weighted by molar-refractivity contribution is 0.222. The molecule has 0 aliphatic rings. The van der Waals surface area contributed by atoms with Crippen molar-refractivity contribution in [1.82, 2.24) is 9.88 Å². The number of nitrogens with one attached hydrogen (secondary N) is 1. The number of amides is 2. The Balaban J connectivity index is 2.61. The smallest absolute Gasteiger partial charge is 0.317 e. The molecular formula is C12H15N3O. The lowest BCUT2D eigenvalue weighted by Gasteiger charge is -2.19. The minimum atomic E-state index is -0.210. The van der Waals surface area contributed by atoms with E-state index in [1.54, 1.807) is 35.4 Å². The minimum Gasteiger partial charge on any atom is -0.317 e. The van der Waals surface area contributed by atoms with Crippen LogP contribution in [-0.2, 0) is 0 Å². The van der Waals surface area contributed by atoms with Gasteiger partial charge in [0.25, 0.3) is 0 Å². The van der Waals surface area contributed by atoms with Crippen LogP contribution in [0.15, 0.2) is 49.7 Å². The second kappa shape index (κ2) is 6.40. The van der Waals surface area contributed by atoms with Crippen molar-refractivity contribution in [3.63, 3.8) is 0 Å². The van der Waals surface area contributed by atoms with Gasteiger partial charge in [0.15, 0.2) is 0 Å². The van der Waals surface area contributed by atoms with Gasteiger partial charge in [0.2, 0.25) is 0 Å². The normalized spacial score (nSPS) is 9.25. The fourth-order valence-corrected chi connectivity index (χ4v) is 1.18. The van der Waals surface area contributed by atoms with Gasteiger partial charge in [-0.25, -0.2) is 9.78 Å². The van der Waals surface area contributed by atoms with Crippen LogP contribution in [0.25, 0.3) is 0 Å². The number of carbonyl (C=O) groups is 1. The molecule has 0 aromatic carbocycles. The van der Waals surface area contributed by atoms with Gasteiger partial charge in [0.05, 0.1) is 0 Å². The Labute approximate surface area is 95.3 Å². The number of carbonyl (C=O) groups excluding carboxylic acids is 1. The van der Waals surface area contributed by atoms with E-state index in [1.807, 2.05) is 6.07 Å². The zero-order valence-corrected chi connectivity index (χ0v) is 9.10. The number of aromatic nitrogens is 1. The maximum atomic E-state index is 11.8. The highest BCUT2D eigenvalue weighted by Crippen LogP contribution is 2.02. The van der Waals surface area contributed by atoms with Crippen LogP contribution in [0.1, 0.15) is 0 Å². The fraction of sp³-hybridized carbons (Fsp3) is 0.167. The monoisotopic (exact) mass is 217 g/mol. The molecule has 0 saturated carbocycles.